The van der Waals surface area contributed by atoms with Crippen LogP contribution in [0.1, 0.15) is 28.8 Å². The van der Waals surface area contributed by atoms with Gasteiger partial charge in [0.1, 0.15) is 6.04 Å². The highest BCUT2D eigenvalue weighted by Crippen LogP contribution is 2.27. The maximum absolute atomic E-state index is 12.6. The van der Waals surface area contributed by atoms with Crippen molar-refractivity contribution in [3.8, 4) is 0 Å². The zero-order valence-corrected chi connectivity index (χ0v) is 13.1. The van der Waals surface area contributed by atoms with Crippen LogP contribution in [0.25, 0.3) is 0 Å². The Labute approximate surface area is 128 Å². The third-order valence-corrected chi connectivity index (χ3v) is 5.60. The number of ether oxygens (including phenoxy) is 1. The second-order valence-electron chi connectivity index (χ2n) is 5.08. The lowest BCUT2D eigenvalue weighted by molar-refractivity contribution is -0.140. The minimum absolute atomic E-state index is 0.0224. The van der Waals surface area contributed by atoms with Crippen LogP contribution >= 0.6 is 0 Å². The van der Waals surface area contributed by atoms with Gasteiger partial charge in [-0.3, -0.25) is 4.79 Å². The molecule has 0 amide bonds. The molecule has 0 aliphatic carbocycles. The molecule has 22 heavy (non-hydrogen) atoms. The number of methoxy groups -OCH3 is 1. The van der Waals surface area contributed by atoms with Gasteiger partial charge in [-0.1, -0.05) is 0 Å². The minimum atomic E-state index is -3.90. The van der Waals surface area contributed by atoms with E-state index in [0.29, 0.717) is 18.4 Å². The number of aryl methyl sites for hydroxylation is 1. The number of carbonyl (C=O) groups excluding carboxylic acids is 1. The molecular formula is C14H17NO6S. The maximum atomic E-state index is 12.6. The van der Waals surface area contributed by atoms with Crippen LogP contribution in [0.2, 0.25) is 0 Å². The van der Waals surface area contributed by atoms with Crippen LogP contribution in [0.5, 0.6) is 0 Å². The predicted octanol–water partition coefficient (Wildman–Crippen LogP) is 1.02. The van der Waals surface area contributed by atoms with Crippen molar-refractivity contribution in [2.75, 3.05) is 13.7 Å². The number of rotatable bonds is 4. The molecule has 8 heteroatoms. The first-order valence-corrected chi connectivity index (χ1v) is 8.16. The molecule has 1 fully saturated rings. The molecule has 7 nitrogen and oxygen atoms in total. The van der Waals surface area contributed by atoms with E-state index in [4.69, 9.17) is 5.11 Å². The number of hydrogen-bond acceptors (Lipinski definition) is 5. The summed E-state index contributed by atoms with van der Waals surface area (Å²) in [6.45, 7) is 1.78. The van der Waals surface area contributed by atoms with Crippen molar-refractivity contribution in [1.29, 1.82) is 0 Å². The fraction of sp³-hybridized carbons (Fsp3) is 0.429. The summed E-state index contributed by atoms with van der Waals surface area (Å²) >= 11 is 0. The molecule has 1 N–H and O–H groups in total. The van der Waals surface area contributed by atoms with Crippen LogP contribution in [0.15, 0.2) is 23.1 Å². The highest BCUT2D eigenvalue weighted by Gasteiger charge is 2.39. The zero-order valence-electron chi connectivity index (χ0n) is 12.3. The van der Waals surface area contributed by atoms with Gasteiger partial charge < -0.3 is 9.84 Å². The lowest BCUT2D eigenvalue weighted by Crippen LogP contribution is -2.40. The van der Waals surface area contributed by atoms with Gasteiger partial charge in [0.2, 0.25) is 10.0 Å². The molecule has 1 saturated heterocycles. The van der Waals surface area contributed by atoms with Crippen LogP contribution in [-0.2, 0) is 19.6 Å². The highest BCUT2D eigenvalue weighted by atomic mass is 32.2. The summed E-state index contributed by atoms with van der Waals surface area (Å²) in [6, 6.07) is 3.00. The number of hydrogen-bond donors (Lipinski definition) is 1. The number of carboxylic acids is 1. The van der Waals surface area contributed by atoms with E-state index in [1.165, 1.54) is 25.3 Å². The van der Waals surface area contributed by atoms with E-state index in [1.54, 1.807) is 6.92 Å². The van der Waals surface area contributed by atoms with Crippen molar-refractivity contribution >= 4 is 22.0 Å². The summed E-state index contributed by atoms with van der Waals surface area (Å²) in [4.78, 5) is 22.7. The van der Waals surface area contributed by atoms with E-state index in [2.05, 4.69) is 4.74 Å². The number of aliphatic carboxylic acids is 1. The summed E-state index contributed by atoms with van der Waals surface area (Å²) in [5.41, 5.74) is 0.733. The lowest BCUT2D eigenvalue weighted by Gasteiger charge is -2.21. The zero-order chi connectivity index (χ0) is 16.5. The van der Waals surface area contributed by atoms with Crippen LogP contribution in [0.4, 0.5) is 0 Å². The van der Waals surface area contributed by atoms with E-state index in [9.17, 15) is 18.0 Å². The topological polar surface area (TPSA) is 101 Å². The molecule has 1 aliphatic heterocycles. The standard InChI is InChI=1S/C14H17NO6S/c1-9-8-10(5-6-11(9)14(18)21-2)22(19,20)15-7-3-4-12(15)13(16)17/h5-6,8,12H,3-4,7H2,1-2H3,(H,16,17). The smallest absolute Gasteiger partial charge is 0.338 e. The average Bonchev–Trinajstić information content (AvgIpc) is 2.96. The molecular weight excluding hydrogens is 310 g/mol. The number of esters is 1. The monoisotopic (exact) mass is 327 g/mol. The Morgan fingerprint density at radius 2 is 2.05 bits per heavy atom. The Balaban J connectivity index is 2.40. The molecule has 1 unspecified atom stereocenters. The number of nitrogens with zero attached hydrogens (tertiary/aromatic N) is 1. The fourth-order valence-electron chi connectivity index (χ4n) is 2.55. The molecule has 2 rings (SSSR count). The van der Waals surface area contributed by atoms with Gasteiger partial charge in [0.05, 0.1) is 17.6 Å². The number of sulfonamides is 1. The second kappa shape index (κ2) is 6.05. The molecule has 0 bridgehead atoms. The summed E-state index contributed by atoms with van der Waals surface area (Å²) in [5, 5.41) is 9.13. The third kappa shape index (κ3) is 2.84. The Kier molecular flexibility index (Phi) is 4.52. The normalized spacial score (nSPS) is 19.1. The molecule has 0 aromatic heterocycles. The van der Waals surface area contributed by atoms with Gasteiger partial charge in [-0.15, -0.1) is 0 Å². The number of carbonyl (C=O) groups is 2. The Bertz CT molecular complexity index is 712. The summed E-state index contributed by atoms with van der Waals surface area (Å²) in [5.74, 6) is -1.70. The Morgan fingerprint density at radius 1 is 1.36 bits per heavy atom. The molecule has 1 aromatic rings. The lowest BCUT2D eigenvalue weighted by atomic mass is 10.1. The Morgan fingerprint density at radius 3 is 2.59 bits per heavy atom. The SMILES string of the molecule is COC(=O)c1ccc(S(=O)(=O)N2CCCC2C(=O)O)cc1C. The molecule has 1 atom stereocenters. The molecule has 1 aliphatic rings. The van der Waals surface area contributed by atoms with Gasteiger partial charge >= 0.3 is 11.9 Å². The number of benzene rings is 1. The molecule has 0 radical (unpaired) electrons. The first kappa shape index (κ1) is 16.4. The van der Waals surface area contributed by atoms with E-state index < -0.39 is 28.0 Å². The van der Waals surface area contributed by atoms with Gasteiger partial charge in [-0.05, 0) is 43.5 Å². The quantitative estimate of drug-likeness (QED) is 0.829. The van der Waals surface area contributed by atoms with E-state index in [1.807, 2.05) is 0 Å². The summed E-state index contributed by atoms with van der Waals surface area (Å²) in [6.07, 6.45) is 0.809. The third-order valence-electron chi connectivity index (χ3n) is 3.70. The largest absolute Gasteiger partial charge is 0.480 e. The van der Waals surface area contributed by atoms with Crippen molar-refractivity contribution in [1.82, 2.24) is 4.31 Å². The molecule has 0 saturated carbocycles. The molecule has 1 heterocycles. The molecule has 1 aromatic carbocycles. The minimum Gasteiger partial charge on any atom is -0.480 e. The van der Waals surface area contributed by atoms with Crippen molar-refractivity contribution < 1.29 is 27.9 Å². The first-order valence-electron chi connectivity index (χ1n) is 6.72. The molecule has 0 spiro atoms. The van der Waals surface area contributed by atoms with Gasteiger partial charge in [0.15, 0.2) is 0 Å². The van der Waals surface area contributed by atoms with E-state index >= 15 is 0 Å². The first-order chi connectivity index (χ1) is 10.3. The molecule has 120 valence electrons. The Hall–Kier alpha value is -1.93. The highest BCUT2D eigenvalue weighted by molar-refractivity contribution is 7.89. The average molecular weight is 327 g/mol. The van der Waals surface area contributed by atoms with Crippen molar-refractivity contribution in [3.63, 3.8) is 0 Å². The van der Waals surface area contributed by atoms with Gasteiger partial charge in [0, 0.05) is 6.54 Å². The van der Waals surface area contributed by atoms with Crippen molar-refractivity contribution in [2.45, 2.75) is 30.7 Å². The summed E-state index contributed by atoms with van der Waals surface area (Å²) < 4.78 is 30.8. The van der Waals surface area contributed by atoms with Crippen molar-refractivity contribution in [3.05, 3.63) is 29.3 Å². The van der Waals surface area contributed by atoms with E-state index in [0.717, 1.165) is 4.31 Å². The van der Waals surface area contributed by atoms with E-state index in [-0.39, 0.29) is 17.0 Å². The van der Waals surface area contributed by atoms with Crippen LogP contribution in [0, 0.1) is 6.92 Å². The maximum Gasteiger partial charge on any atom is 0.338 e. The van der Waals surface area contributed by atoms with Crippen LogP contribution in [-0.4, -0.2) is 49.5 Å². The predicted molar refractivity (Wildman–Crippen MR) is 77.1 cm³/mol. The number of carboxylic acid groups (broad SMARTS) is 1. The van der Waals surface area contributed by atoms with Crippen LogP contribution < -0.4 is 0 Å². The van der Waals surface area contributed by atoms with Crippen molar-refractivity contribution in [2.24, 2.45) is 0 Å². The van der Waals surface area contributed by atoms with Crippen LogP contribution in [0.3, 0.4) is 0 Å². The van der Waals surface area contributed by atoms with Gasteiger partial charge in [0.25, 0.3) is 0 Å². The van der Waals surface area contributed by atoms with Gasteiger partial charge in [-0.25, -0.2) is 13.2 Å². The second-order valence-corrected chi connectivity index (χ2v) is 6.97. The van der Waals surface area contributed by atoms with Gasteiger partial charge in [-0.2, -0.15) is 4.31 Å². The summed E-state index contributed by atoms with van der Waals surface area (Å²) in [7, 11) is -2.66. The fourth-order valence-corrected chi connectivity index (χ4v) is 4.28.